The maximum absolute atomic E-state index is 11.2. The molecule has 76 valence electrons. The van der Waals surface area contributed by atoms with Gasteiger partial charge in [0.25, 0.3) is 0 Å². The van der Waals surface area contributed by atoms with E-state index in [1.54, 1.807) is 0 Å². The monoisotopic (exact) mass is 203 g/mol. The van der Waals surface area contributed by atoms with Crippen LogP contribution < -0.4 is 5.32 Å². The van der Waals surface area contributed by atoms with Crippen molar-refractivity contribution in [2.24, 2.45) is 0 Å². The van der Waals surface area contributed by atoms with Gasteiger partial charge < -0.3 is 5.32 Å². The van der Waals surface area contributed by atoms with Gasteiger partial charge in [0.1, 0.15) is 0 Å². The first-order chi connectivity index (χ1) is 6.02. The fourth-order valence-electron chi connectivity index (χ4n) is 0.903. The van der Waals surface area contributed by atoms with E-state index in [1.807, 2.05) is 13.8 Å². The summed E-state index contributed by atoms with van der Waals surface area (Å²) in [6, 6.07) is -0.0585. The molecule has 0 aromatic heterocycles. The van der Waals surface area contributed by atoms with Crippen LogP contribution in [0.2, 0.25) is 0 Å². The molecule has 0 radical (unpaired) electrons. The second-order valence-corrected chi connectivity index (χ2v) is 5.30. The van der Waals surface area contributed by atoms with E-state index >= 15 is 0 Å². The van der Waals surface area contributed by atoms with Gasteiger partial charge in [-0.1, -0.05) is 12.8 Å². The number of nitrogens with one attached hydrogen (secondary N) is 1. The molecule has 0 saturated carbocycles. The Hall–Kier alpha value is -0.530. The standard InChI is InChI=1S/C9H17NO2S/c1-4-7-13(11,12)8-6-10-9(3)5-2/h2,9-10H,4,6-8H2,1,3H3. The molecule has 4 heteroatoms. The van der Waals surface area contributed by atoms with Gasteiger partial charge in [-0.15, -0.1) is 6.42 Å². The lowest BCUT2D eigenvalue weighted by Crippen LogP contribution is -2.30. The summed E-state index contributed by atoms with van der Waals surface area (Å²) in [6.45, 7) is 4.12. The maximum atomic E-state index is 11.2. The summed E-state index contributed by atoms with van der Waals surface area (Å²) in [6.07, 6.45) is 5.79. The summed E-state index contributed by atoms with van der Waals surface area (Å²) in [5, 5.41) is 2.93. The highest BCUT2D eigenvalue weighted by atomic mass is 32.2. The van der Waals surface area contributed by atoms with Gasteiger partial charge in [0, 0.05) is 12.3 Å². The largest absolute Gasteiger partial charge is 0.303 e. The zero-order valence-electron chi connectivity index (χ0n) is 8.21. The Morgan fingerprint density at radius 2 is 2.08 bits per heavy atom. The smallest absolute Gasteiger partial charge is 0.151 e. The molecule has 0 aliphatic carbocycles. The van der Waals surface area contributed by atoms with Gasteiger partial charge in [0.05, 0.1) is 11.8 Å². The Morgan fingerprint density at radius 3 is 2.54 bits per heavy atom. The first-order valence-electron chi connectivity index (χ1n) is 4.41. The zero-order valence-corrected chi connectivity index (χ0v) is 9.02. The zero-order chi connectivity index (χ0) is 10.3. The van der Waals surface area contributed by atoms with Crippen molar-refractivity contribution >= 4 is 9.84 Å². The molecular weight excluding hydrogens is 186 g/mol. The molecule has 0 aliphatic rings. The number of terminal acetylenes is 1. The molecule has 0 spiro atoms. The van der Waals surface area contributed by atoms with Crippen LogP contribution in [-0.4, -0.2) is 32.5 Å². The molecule has 0 aromatic rings. The van der Waals surface area contributed by atoms with Crippen LogP contribution in [0.25, 0.3) is 0 Å². The minimum atomic E-state index is -2.87. The maximum Gasteiger partial charge on any atom is 0.151 e. The first-order valence-corrected chi connectivity index (χ1v) is 6.24. The van der Waals surface area contributed by atoms with Crippen molar-refractivity contribution in [3.63, 3.8) is 0 Å². The van der Waals surface area contributed by atoms with Gasteiger partial charge in [-0.25, -0.2) is 8.42 Å². The third-order valence-electron chi connectivity index (χ3n) is 1.63. The topological polar surface area (TPSA) is 46.2 Å². The van der Waals surface area contributed by atoms with Crippen LogP contribution in [0.1, 0.15) is 20.3 Å². The minimum Gasteiger partial charge on any atom is -0.303 e. The highest BCUT2D eigenvalue weighted by Crippen LogP contribution is 1.92. The molecule has 1 unspecified atom stereocenters. The number of hydrogen-bond donors (Lipinski definition) is 1. The second-order valence-electron chi connectivity index (χ2n) is 2.99. The highest BCUT2D eigenvalue weighted by Gasteiger charge is 2.08. The van der Waals surface area contributed by atoms with E-state index in [2.05, 4.69) is 11.2 Å². The summed E-state index contributed by atoms with van der Waals surface area (Å²) >= 11 is 0. The molecule has 13 heavy (non-hydrogen) atoms. The van der Waals surface area contributed by atoms with Crippen LogP contribution in [-0.2, 0) is 9.84 Å². The summed E-state index contributed by atoms with van der Waals surface area (Å²) in [5.74, 6) is 2.91. The molecule has 0 aliphatic heterocycles. The lowest BCUT2D eigenvalue weighted by Gasteiger charge is -2.07. The van der Waals surface area contributed by atoms with Crippen LogP contribution in [0.5, 0.6) is 0 Å². The molecule has 0 amide bonds. The lowest BCUT2D eigenvalue weighted by molar-refractivity contribution is 0.587. The molecule has 0 heterocycles. The van der Waals surface area contributed by atoms with E-state index in [9.17, 15) is 8.42 Å². The first kappa shape index (κ1) is 12.5. The predicted octanol–water partition coefficient (Wildman–Crippen LogP) is 0.422. The molecule has 0 fully saturated rings. The molecule has 0 aromatic carbocycles. The molecule has 0 rings (SSSR count). The number of sulfone groups is 1. The van der Waals surface area contributed by atoms with Crippen molar-refractivity contribution in [2.45, 2.75) is 26.3 Å². The molecular formula is C9H17NO2S. The summed E-state index contributed by atoms with van der Waals surface area (Å²) in [4.78, 5) is 0. The Morgan fingerprint density at radius 1 is 1.46 bits per heavy atom. The van der Waals surface area contributed by atoms with Crippen LogP contribution in [0.4, 0.5) is 0 Å². The lowest BCUT2D eigenvalue weighted by atomic mass is 10.4. The minimum absolute atomic E-state index is 0.0585. The summed E-state index contributed by atoms with van der Waals surface area (Å²) in [7, 11) is -2.87. The summed E-state index contributed by atoms with van der Waals surface area (Å²) in [5.41, 5.74) is 0. The Labute approximate surface area is 80.8 Å². The van der Waals surface area contributed by atoms with E-state index in [0.717, 1.165) is 0 Å². The third-order valence-corrected chi connectivity index (χ3v) is 3.49. The van der Waals surface area contributed by atoms with Crippen molar-refractivity contribution in [3.05, 3.63) is 0 Å². The van der Waals surface area contributed by atoms with Gasteiger partial charge >= 0.3 is 0 Å². The fourth-order valence-corrected chi connectivity index (χ4v) is 2.16. The van der Waals surface area contributed by atoms with Crippen LogP contribution in [0, 0.1) is 12.3 Å². The molecule has 1 N–H and O–H groups in total. The van der Waals surface area contributed by atoms with E-state index in [0.29, 0.717) is 13.0 Å². The van der Waals surface area contributed by atoms with Gasteiger partial charge in [0.2, 0.25) is 0 Å². The average Bonchev–Trinajstić information content (AvgIpc) is 2.03. The Balaban J connectivity index is 3.72. The van der Waals surface area contributed by atoms with E-state index < -0.39 is 9.84 Å². The van der Waals surface area contributed by atoms with Gasteiger partial charge in [-0.3, -0.25) is 0 Å². The molecule has 0 saturated heterocycles. The Kier molecular flexibility index (Phi) is 5.76. The quantitative estimate of drug-likeness (QED) is 0.636. The van der Waals surface area contributed by atoms with Crippen LogP contribution in [0.15, 0.2) is 0 Å². The van der Waals surface area contributed by atoms with E-state index in [4.69, 9.17) is 6.42 Å². The fraction of sp³-hybridized carbons (Fsp3) is 0.778. The highest BCUT2D eigenvalue weighted by molar-refractivity contribution is 7.91. The van der Waals surface area contributed by atoms with Crippen molar-refractivity contribution in [1.82, 2.24) is 5.32 Å². The van der Waals surface area contributed by atoms with Crippen molar-refractivity contribution in [1.29, 1.82) is 0 Å². The van der Waals surface area contributed by atoms with Gasteiger partial charge in [0.15, 0.2) is 9.84 Å². The second kappa shape index (κ2) is 6.01. The Bertz CT molecular complexity index is 264. The molecule has 3 nitrogen and oxygen atoms in total. The number of hydrogen-bond acceptors (Lipinski definition) is 3. The number of rotatable bonds is 6. The van der Waals surface area contributed by atoms with Gasteiger partial charge in [-0.05, 0) is 13.3 Å². The van der Waals surface area contributed by atoms with E-state index in [1.165, 1.54) is 0 Å². The normalized spacial score (nSPS) is 13.6. The van der Waals surface area contributed by atoms with Crippen molar-refractivity contribution in [3.8, 4) is 12.3 Å². The molecule has 0 bridgehead atoms. The van der Waals surface area contributed by atoms with Crippen molar-refractivity contribution in [2.75, 3.05) is 18.1 Å². The van der Waals surface area contributed by atoms with Gasteiger partial charge in [-0.2, -0.15) is 0 Å². The molecule has 1 atom stereocenters. The summed E-state index contributed by atoms with van der Waals surface area (Å²) < 4.78 is 22.4. The SMILES string of the molecule is C#CC(C)NCCS(=O)(=O)CCC. The average molecular weight is 203 g/mol. The van der Waals surface area contributed by atoms with Crippen LogP contribution in [0.3, 0.4) is 0 Å². The van der Waals surface area contributed by atoms with E-state index in [-0.39, 0.29) is 17.5 Å². The van der Waals surface area contributed by atoms with Crippen molar-refractivity contribution < 1.29 is 8.42 Å². The third kappa shape index (κ3) is 6.62. The van der Waals surface area contributed by atoms with Crippen LogP contribution >= 0.6 is 0 Å². The predicted molar refractivity (Wildman–Crippen MR) is 55.2 cm³/mol.